The van der Waals surface area contributed by atoms with Gasteiger partial charge in [-0.3, -0.25) is 0 Å². The third-order valence-corrected chi connectivity index (χ3v) is 0. The monoisotopic (exact) mass is 184 g/mol. The van der Waals surface area contributed by atoms with Crippen LogP contribution in [0.15, 0.2) is 0 Å². The second kappa shape index (κ2) is 10.00. The summed E-state index contributed by atoms with van der Waals surface area (Å²) in [6.45, 7) is 0. The van der Waals surface area contributed by atoms with Crippen LogP contribution in [-0.2, 0) is 4.46 Å². The average molecular weight is 185 g/mol. The Hall–Kier alpha value is 1.89. The minimum atomic E-state index is -3.63. The van der Waals surface area contributed by atoms with Crippen molar-refractivity contribution in [2.45, 2.75) is 0 Å². The van der Waals surface area contributed by atoms with Crippen molar-refractivity contribution in [2.75, 3.05) is 0 Å². The fourth-order valence-electron chi connectivity index (χ4n) is 0. The Bertz CT molecular complexity index is 33.8. The molecule has 0 aromatic heterocycles. The van der Waals surface area contributed by atoms with Crippen molar-refractivity contribution in [3.63, 3.8) is 0 Å². The SMILES string of the molecule is O=[Si]([O-])[O-].[Ga+3].[K+]. The maximum atomic E-state index is 8.52. The van der Waals surface area contributed by atoms with Gasteiger partial charge >= 0.3 is 71.2 Å². The molecule has 0 unspecified atom stereocenters. The number of hydrogen-bond acceptors (Lipinski definition) is 3. The Labute approximate surface area is 92.5 Å². The van der Waals surface area contributed by atoms with Gasteiger partial charge in [0.15, 0.2) is 0 Å². The first kappa shape index (κ1) is 15.7. The summed E-state index contributed by atoms with van der Waals surface area (Å²) in [5.74, 6) is 0. The van der Waals surface area contributed by atoms with Crippen LogP contribution in [0, 0.1) is 0 Å². The van der Waals surface area contributed by atoms with Gasteiger partial charge in [-0.2, -0.15) is 0 Å². The summed E-state index contributed by atoms with van der Waals surface area (Å²) in [7, 11) is -3.63. The summed E-state index contributed by atoms with van der Waals surface area (Å²) in [4.78, 5) is 17.0. The molecule has 0 radical (unpaired) electrons. The van der Waals surface area contributed by atoms with Gasteiger partial charge in [0.25, 0.3) is 0 Å². The molecule has 3 nitrogen and oxygen atoms in total. The fraction of sp³-hybridized carbons (Fsp3) is 0. The molecular weight excluding hydrogens is 185 g/mol. The van der Waals surface area contributed by atoms with Crippen molar-refractivity contribution in [1.29, 1.82) is 0 Å². The van der Waals surface area contributed by atoms with Crippen molar-refractivity contribution in [2.24, 2.45) is 0 Å². The molecule has 0 aliphatic carbocycles. The fourth-order valence-corrected chi connectivity index (χ4v) is 0. The first-order chi connectivity index (χ1) is 1.73. The molecule has 0 spiro atoms. The molecule has 0 heterocycles. The number of hydrogen-bond donors (Lipinski definition) is 0. The Morgan fingerprint density at radius 3 is 1.33 bits per heavy atom. The molecule has 0 atom stereocenters. The van der Waals surface area contributed by atoms with Crippen LogP contribution in [0.5, 0.6) is 0 Å². The van der Waals surface area contributed by atoms with Crippen molar-refractivity contribution in [3.05, 3.63) is 0 Å². The van der Waals surface area contributed by atoms with Crippen LogP contribution in [0.1, 0.15) is 0 Å². The molecule has 0 aromatic rings. The molecule has 24 valence electrons. The van der Waals surface area contributed by atoms with E-state index < -0.39 is 9.17 Å². The summed E-state index contributed by atoms with van der Waals surface area (Å²) in [6, 6.07) is 0. The van der Waals surface area contributed by atoms with Gasteiger partial charge < -0.3 is 14.1 Å². The predicted molar refractivity (Wildman–Crippen MR) is 12.2 cm³/mol. The molecule has 6 heteroatoms. The standard InChI is InChI=1S/Ga.K.O3Si/c;;1-4(2)3/q+3;+1;-2. The molecule has 0 aliphatic heterocycles. The van der Waals surface area contributed by atoms with Crippen LogP contribution in [-0.4, -0.2) is 29.0 Å². The maximum Gasteiger partial charge on any atom is 3.00 e. The van der Waals surface area contributed by atoms with Gasteiger partial charge in [0, 0.05) is 9.17 Å². The summed E-state index contributed by atoms with van der Waals surface area (Å²) in [5.41, 5.74) is 0. The van der Waals surface area contributed by atoms with Crippen LogP contribution in [0.25, 0.3) is 0 Å². The zero-order valence-electron chi connectivity index (χ0n) is 3.30. The van der Waals surface area contributed by atoms with Crippen LogP contribution < -0.4 is 61.0 Å². The summed E-state index contributed by atoms with van der Waals surface area (Å²) in [6.07, 6.45) is 0. The molecule has 0 saturated heterocycles. The predicted octanol–water partition coefficient (Wildman–Crippen LogP) is -6.25. The van der Waals surface area contributed by atoms with E-state index in [1.807, 2.05) is 0 Å². The zero-order chi connectivity index (χ0) is 3.58. The second-order valence-electron chi connectivity index (χ2n) is 0.250. The summed E-state index contributed by atoms with van der Waals surface area (Å²) in [5, 5.41) is 0. The van der Waals surface area contributed by atoms with Crippen molar-refractivity contribution < 1.29 is 65.4 Å². The largest absolute Gasteiger partial charge is 3.00 e. The van der Waals surface area contributed by atoms with Crippen molar-refractivity contribution in [1.82, 2.24) is 0 Å². The van der Waals surface area contributed by atoms with Gasteiger partial charge in [0.05, 0.1) is 0 Å². The molecular formula is GaKO3Si+2. The van der Waals surface area contributed by atoms with Crippen LogP contribution in [0.4, 0.5) is 0 Å². The molecule has 0 amide bonds. The van der Waals surface area contributed by atoms with E-state index in [0.29, 0.717) is 0 Å². The molecule has 0 aliphatic rings. The molecule has 6 heavy (non-hydrogen) atoms. The van der Waals surface area contributed by atoms with Gasteiger partial charge in [0.1, 0.15) is 0 Å². The van der Waals surface area contributed by atoms with Gasteiger partial charge in [-0.15, -0.1) is 0 Å². The van der Waals surface area contributed by atoms with Crippen LogP contribution in [0.2, 0.25) is 0 Å². The topological polar surface area (TPSA) is 63.2 Å². The van der Waals surface area contributed by atoms with Gasteiger partial charge in [-0.1, -0.05) is 0 Å². The Balaban J connectivity index is -0.0000000450. The van der Waals surface area contributed by atoms with E-state index in [4.69, 9.17) is 14.1 Å². The zero-order valence-corrected chi connectivity index (χ0v) is 9.85. The summed E-state index contributed by atoms with van der Waals surface area (Å²) >= 11 is 0. The van der Waals surface area contributed by atoms with Gasteiger partial charge in [0.2, 0.25) is 0 Å². The first-order valence-corrected chi connectivity index (χ1v) is 1.84. The molecule has 0 N–H and O–H groups in total. The van der Waals surface area contributed by atoms with Crippen molar-refractivity contribution >= 4 is 29.0 Å². The third-order valence-electron chi connectivity index (χ3n) is 0. The number of rotatable bonds is 0. The molecule has 0 saturated carbocycles. The van der Waals surface area contributed by atoms with Crippen LogP contribution >= 0.6 is 0 Å². The molecule has 0 aromatic carbocycles. The second-order valence-corrected chi connectivity index (χ2v) is 0.750. The third kappa shape index (κ3) is 39.4. The molecule has 0 fully saturated rings. The normalized spacial score (nSPS) is 4.00. The van der Waals surface area contributed by atoms with E-state index in [2.05, 4.69) is 0 Å². The maximum absolute atomic E-state index is 8.52. The Morgan fingerprint density at radius 1 is 1.33 bits per heavy atom. The van der Waals surface area contributed by atoms with E-state index in [-0.39, 0.29) is 71.2 Å². The Morgan fingerprint density at radius 2 is 1.33 bits per heavy atom. The first-order valence-electron chi connectivity index (χ1n) is 0.612. The van der Waals surface area contributed by atoms with E-state index in [1.54, 1.807) is 0 Å². The van der Waals surface area contributed by atoms with Gasteiger partial charge in [-0.05, 0) is 0 Å². The van der Waals surface area contributed by atoms with Gasteiger partial charge in [-0.25, -0.2) is 0 Å². The minimum Gasteiger partial charge on any atom is -0.672 e. The molecule has 0 rings (SSSR count). The van der Waals surface area contributed by atoms with Crippen LogP contribution in [0.3, 0.4) is 0 Å². The minimum absolute atomic E-state index is 0. The Kier molecular flexibility index (Phi) is 26.1. The molecule has 0 bridgehead atoms. The quantitative estimate of drug-likeness (QED) is 0.352. The van der Waals surface area contributed by atoms with E-state index >= 15 is 0 Å². The van der Waals surface area contributed by atoms with E-state index in [1.165, 1.54) is 0 Å². The smallest absolute Gasteiger partial charge is 0.672 e. The van der Waals surface area contributed by atoms with E-state index in [9.17, 15) is 0 Å². The summed E-state index contributed by atoms with van der Waals surface area (Å²) < 4.78 is 8.52. The average Bonchev–Trinajstić information content (AvgIpc) is 0.811. The van der Waals surface area contributed by atoms with E-state index in [0.717, 1.165) is 0 Å². The van der Waals surface area contributed by atoms with Crippen molar-refractivity contribution in [3.8, 4) is 0 Å².